The van der Waals surface area contributed by atoms with Crippen LogP contribution < -0.4 is 10.5 Å². The summed E-state index contributed by atoms with van der Waals surface area (Å²) in [5, 5.41) is 0.148. The maximum absolute atomic E-state index is 12.9. The molecular weight excluding hydrogens is 228 g/mol. The number of hydrogen-bond acceptors (Lipinski definition) is 2. The molecule has 0 heterocycles. The fourth-order valence-electron chi connectivity index (χ4n) is 0.819. The van der Waals surface area contributed by atoms with Crippen LogP contribution in [-0.2, 0) is 0 Å². The molecule has 0 saturated heterocycles. The maximum atomic E-state index is 12.9. The van der Waals surface area contributed by atoms with E-state index in [9.17, 15) is 4.39 Å². The van der Waals surface area contributed by atoms with E-state index in [4.69, 9.17) is 33.7 Å². The average molecular weight is 236 g/mol. The Hall–Kier alpha value is -0.930. The first-order valence-electron chi connectivity index (χ1n) is 3.74. The Morgan fingerprint density at radius 2 is 2.21 bits per heavy atom. The number of allylic oxidation sites excluding steroid dienone is 1. The van der Waals surface area contributed by atoms with Gasteiger partial charge in [0, 0.05) is 11.6 Å². The van der Waals surface area contributed by atoms with E-state index in [1.165, 1.54) is 11.6 Å². The van der Waals surface area contributed by atoms with Crippen molar-refractivity contribution in [1.82, 2.24) is 0 Å². The van der Waals surface area contributed by atoms with Crippen molar-refractivity contribution in [2.24, 2.45) is 0 Å². The van der Waals surface area contributed by atoms with Crippen LogP contribution in [0.3, 0.4) is 0 Å². The van der Waals surface area contributed by atoms with Crippen molar-refractivity contribution in [3.8, 4) is 5.75 Å². The second-order valence-electron chi connectivity index (χ2n) is 2.63. The Morgan fingerprint density at radius 3 is 2.79 bits per heavy atom. The predicted molar refractivity (Wildman–Crippen MR) is 56.1 cm³/mol. The molecule has 1 aromatic carbocycles. The molecule has 76 valence electrons. The first-order valence-corrected chi connectivity index (χ1v) is 4.55. The molecule has 0 radical (unpaired) electrons. The topological polar surface area (TPSA) is 35.2 Å². The van der Waals surface area contributed by atoms with E-state index < -0.39 is 5.82 Å². The standard InChI is InChI=1S/C9H8Cl2FNO/c1-5(4-10)14-9-3-8(13)7(12)2-6(9)11/h2-4H,13H2,1H3. The fourth-order valence-corrected chi connectivity index (χ4v) is 1.05. The fraction of sp³-hybridized carbons (Fsp3) is 0.111. The van der Waals surface area contributed by atoms with Crippen LogP contribution in [0, 0.1) is 5.82 Å². The molecule has 0 aliphatic heterocycles. The monoisotopic (exact) mass is 235 g/mol. The molecule has 5 heteroatoms. The van der Waals surface area contributed by atoms with Gasteiger partial charge >= 0.3 is 0 Å². The zero-order valence-corrected chi connectivity index (χ0v) is 8.86. The predicted octanol–water partition coefficient (Wildman–Crippen LogP) is 3.54. The molecule has 1 aromatic rings. The number of ether oxygens (including phenoxy) is 1. The lowest BCUT2D eigenvalue weighted by atomic mass is 10.3. The minimum Gasteiger partial charge on any atom is -0.459 e. The van der Waals surface area contributed by atoms with E-state index in [0.29, 0.717) is 5.76 Å². The molecule has 0 saturated carbocycles. The number of benzene rings is 1. The summed E-state index contributed by atoms with van der Waals surface area (Å²) in [6.45, 7) is 1.64. The van der Waals surface area contributed by atoms with Gasteiger partial charge in [-0.3, -0.25) is 0 Å². The summed E-state index contributed by atoms with van der Waals surface area (Å²) in [7, 11) is 0. The van der Waals surface area contributed by atoms with Crippen LogP contribution in [0.2, 0.25) is 5.02 Å². The SMILES string of the molecule is CC(=CCl)Oc1cc(N)c(F)cc1Cl. The van der Waals surface area contributed by atoms with E-state index in [-0.39, 0.29) is 16.5 Å². The van der Waals surface area contributed by atoms with Crippen molar-refractivity contribution in [1.29, 1.82) is 0 Å². The molecule has 2 N–H and O–H groups in total. The van der Waals surface area contributed by atoms with Crippen molar-refractivity contribution < 1.29 is 9.13 Å². The van der Waals surface area contributed by atoms with Crippen LogP contribution in [-0.4, -0.2) is 0 Å². The number of hydrogen-bond donors (Lipinski definition) is 1. The quantitative estimate of drug-likeness (QED) is 0.629. The lowest BCUT2D eigenvalue weighted by molar-refractivity contribution is 0.428. The summed E-state index contributed by atoms with van der Waals surface area (Å²) in [6.07, 6.45) is 0. The summed E-state index contributed by atoms with van der Waals surface area (Å²) in [5.41, 5.74) is 6.57. The highest BCUT2D eigenvalue weighted by Crippen LogP contribution is 2.30. The minimum absolute atomic E-state index is 0.0215. The van der Waals surface area contributed by atoms with Crippen molar-refractivity contribution in [2.45, 2.75) is 6.92 Å². The molecule has 0 fully saturated rings. The van der Waals surface area contributed by atoms with Gasteiger partial charge in [0.2, 0.25) is 0 Å². The van der Waals surface area contributed by atoms with E-state index in [0.717, 1.165) is 6.07 Å². The summed E-state index contributed by atoms with van der Waals surface area (Å²) in [4.78, 5) is 0. The number of nitrogens with two attached hydrogens (primary N) is 1. The van der Waals surface area contributed by atoms with E-state index in [1.807, 2.05) is 0 Å². The first kappa shape index (κ1) is 11.1. The van der Waals surface area contributed by atoms with Crippen molar-refractivity contribution in [2.75, 3.05) is 5.73 Å². The van der Waals surface area contributed by atoms with Gasteiger partial charge in [0.15, 0.2) is 0 Å². The maximum Gasteiger partial charge on any atom is 0.147 e. The molecule has 1 rings (SSSR count). The van der Waals surface area contributed by atoms with Crippen LogP contribution in [0.4, 0.5) is 10.1 Å². The third-order valence-corrected chi connectivity index (χ3v) is 2.08. The van der Waals surface area contributed by atoms with Gasteiger partial charge in [-0.2, -0.15) is 0 Å². The molecule has 0 aliphatic rings. The van der Waals surface area contributed by atoms with Crippen molar-refractivity contribution in [3.63, 3.8) is 0 Å². The van der Waals surface area contributed by atoms with Gasteiger partial charge in [-0.1, -0.05) is 23.2 Å². The highest BCUT2D eigenvalue weighted by atomic mass is 35.5. The normalized spacial score (nSPS) is 11.6. The number of anilines is 1. The Labute approximate surface area is 91.1 Å². The lowest BCUT2D eigenvalue weighted by Gasteiger charge is -2.08. The van der Waals surface area contributed by atoms with Crippen LogP contribution >= 0.6 is 23.2 Å². The molecule has 0 aromatic heterocycles. The van der Waals surface area contributed by atoms with E-state index in [2.05, 4.69) is 0 Å². The van der Waals surface area contributed by atoms with Crippen LogP contribution in [0.15, 0.2) is 23.4 Å². The summed E-state index contributed by atoms with van der Waals surface area (Å²) in [6, 6.07) is 2.40. The largest absolute Gasteiger partial charge is 0.459 e. The molecule has 14 heavy (non-hydrogen) atoms. The van der Waals surface area contributed by atoms with Gasteiger partial charge in [-0.05, 0) is 13.0 Å². The zero-order chi connectivity index (χ0) is 10.7. The third kappa shape index (κ3) is 2.53. The molecule has 2 nitrogen and oxygen atoms in total. The van der Waals surface area contributed by atoms with Crippen LogP contribution in [0.1, 0.15) is 6.92 Å². The van der Waals surface area contributed by atoms with Gasteiger partial charge < -0.3 is 10.5 Å². The van der Waals surface area contributed by atoms with Gasteiger partial charge in [-0.25, -0.2) is 4.39 Å². The Bertz CT molecular complexity index is 379. The lowest BCUT2D eigenvalue weighted by Crippen LogP contribution is -1.95. The van der Waals surface area contributed by atoms with E-state index >= 15 is 0 Å². The molecule has 0 amide bonds. The second kappa shape index (κ2) is 4.53. The molecule has 0 spiro atoms. The minimum atomic E-state index is -0.574. The summed E-state index contributed by atoms with van der Waals surface area (Å²) in [5.74, 6) is 0.148. The highest BCUT2D eigenvalue weighted by Gasteiger charge is 2.07. The molecule has 0 aliphatic carbocycles. The number of halogens is 3. The average Bonchev–Trinajstić information content (AvgIpc) is 2.14. The first-order chi connectivity index (χ1) is 6.54. The van der Waals surface area contributed by atoms with Gasteiger partial charge in [0.1, 0.15) is 17.3 Å². The zero-order valence-electron chi connectivity index (χ0n) is 7.35. The molecule has 0 atom stereocenters. The highest BCUT2D eigenvalue weighted by molar-refractivity contribution is 6.32. The van der Waals surface area contributed by atoms with Gasteiger partial charge in [-0.15, -0.1) is 0 Å². The third-order valence-electron chi connectivity index (χ3n) is 1.48. The summed E-state index contributed by atoms with van der Waals surface area (Å²) >= 11 is 11.1. The number of rotatable bonds is 2. The van der Waals surface area contributed by atoms with Crippen LogP contribution in [0.25, 0.3) is 0 Å². The van der Waals surface area contributed by atoms with Crippen molar-refractivity contribution >= 4 is 28.9 Å². The van der Waals surface area contributed by atoms with E-state index in [1.54, 1.807) is 6.92 Å². The molecule has 0 unspecified atom stereocenters. The number of nitrogen functional groups attached to an aromatic ring is 1. The second-order valence-corrected chi connectivity index (χ2v) is 3.25. The van der Waals surface area contributed by atoms with Gasteiger partial charge in [0.05, 0.1) is 10.7 Å². The Kier molecular flexibility index (Phi) is 3.61. The summed E-state index contributed by atoms with van der Waals surface area (Å²) < 4.78 is 18.1. The van der Waals surface area contributed by atoms with Crippen molar-refractivity contribution in [3.05, 3.63) is 34.3 Å². The molecule has 0 bridgehead atoms. The smallest absolute Gasteiger partial charge is 0.147 e. The Morgan fingerprint density at radius 1 is 1.57 bits per heavy atom. The molecular formula is C9H8Cl2FNO. The Balaban J connectivity index is 3.04. The van der Waals surface area contributed by atoms with Crippen LogP contribution in [0.5, 0.6) is 5.75 Å². The van der Waals surface area contributed by atoms with Gasteiger partial charge in [0.25, 0.3) is 0 Å².